The van der Waals surface area contributed by atoms with E-state index in [0.29, 0.717) is 72.4 Å². The minimum Gasteiger partial charge on any atom is -0.493 e. The van der Waals surface area contributed by atoms with Gasteiger partial charge in [0.1, 0.15) is 23.3 Å². The third-order valence-electron chi connectivity index (χ3n) is 15.5. The Morgan fingerprint density at radius 1 is 0.500 bits per heavy atom. The predicted octanol–water partition coefficient (Wildman–Crippen LogP) is 15.1. The smallest absolute Gasteiger partial charge is 0.271 e. The summed E-state index contributed by atoms with van der Waals surface area (Å²) in [6, 6.07) is 17.2. The minimum absolute atomic E-state index is 0.0456. The van der Waals surface area contributed by atoms with Crippen molar-refractivity contribution in [1.82, 2.24) is 18.9 Å². The summed E-state index contributed by atoms with van der Waals surface area (Å²) in [7, 11) is 0. The van der Waals surface area contributed by atoms with E-state index in [-0.39, 0.29) is 45.4 Å². The SMILES string of the molecule is CCCCC(CC)CN(CC(CC)CCCC)C(=O)c1ccc(/N=N/c2c(C)c(C#N)c(=O)n(CCn3c(O)c(/N=N/c4ccc(C(=O)N(CC(CC)CCCC)CC(CC)CCCC)cc4)c(C)c(C#N)c3=O)c2O)cc1. The van der Waals surface area contributed by atoms with Gasteiger partial charge in [-0.2, -0.15) is 20.8 Å². The largest absolute Gasteiger partial charge is 0.493 e. The van der Waals surface area contributed by atoms with Crippen LogP contribution in [0, 0.1) is 60.2 Å². The van der Waals surface area contributed by atoms with Crippen molar-refractivity contribution in [3.63, 3.8) is 0 Å². The van der Waals surface area contributed by atoms with E-state index in [0.717, 1.165) is 112 Å². The average molecular weight is 1070 g/mol. The van der Waals surface area contributed by atoms with Gasteiger partial charge in [-0.15, -0.1) is 10.2 Å². The summed E-state index contributed by atoms with van der Waals surface area (Å²) < 4.78 is 1.71. The number of rotatable bonds is 33. The average Bonchev–Trinajstić information content (AvgIpc) is 3.50. The van der Waals surface area contributed by atoms with Gasteiger partial charge in [-0.1, -0.05) is 132 Å². The van der Waals surface area contributed by atoms with Crippen molar-refractivity contribution in [3.05, 3.63) is 103 Å². The molecule has 4 atom stereocenters. The molecule has 0 fully saturated rings. The van der Waals surface area contributed by atoms with Crippen LogP contribution in [0.15, 0.2) is 78.6 Å². The molecule has 0 aliphatic rings. The first-order valence-electron chi connectivity index (χ1n) is 28.9. The van der Waals surface area contributed by atoms with E-state index in [1.807, 2.05) is 21.9 Å². The Labute approximate surface area is 463 Å². The topological polar surface area (TPSA) is 222 Å². The Bertz CT molecular complexity index is 2610. The Hall–Kier alpha value is -6.94. The summed E-state index contributed by atoms with van der Waals surface area (Å²) >= 11 is 0. The summed E-state index contributed by atoms with van der Waals surface area (Å²) in [6.45, 7) is 22.3. The molecule has 4 rings (SSSR count). The fourth-order valence-electron chi connectivity index (χ4n) is 10.0. The number of nitriles is 2. The van der Waals surface area contributed by atoms with Crippen LogP contribution in [-0.4, -0.2) is 67.1 Å². The lowest BCUT2D eigenvalue weighted by Crippen LogP contribution is -2.39. The Morgan fingerprint density at radius 2 is 0.782 bits per heavy atom. The quantitative estimate of drug-likeness (QED) is 0.0436. The van der Waals surface area contributed by atoms with Crippen molar-refractivity contribution in [3.8, 4) is 23.9 Å². The Morgan fingerprint density at radius 3 is 1.03 bits per heavy atom. The molecule has 4 unspecified atom stereocenters. The maximum atomic E-state index is 14.1. The molecule has 0 spiro atoms. The molecule has 2 amide bonds. The second kappa shape index (κ2) is 32.7. The van der Waals surface area contributed by atoms with Crippen molar-refractivity contribution in [2.24, 2.45) is 44.1 Å². The molecular weight excluding hydrogens is 981 g/mol. The second-order valence-corrected chi connectivity index (χ2v) is 21.1. The van der Waals surface area contributed by atoms with E-state index in [1.165, 1.54) is 13.8 Å². The molecule has 78 heavy (non-hydrogen) atoms. The van der Waals surface area contributed by atoms with Crippen LogP contribution in [0.1, 0.15) is 201 Å². The molecule has 2 heterocycles. The summed E-state index contributed by atoms with van der Waals surface area (Å²) in [4.78, 5) is 59.7. The van der Waals surface area contributed by atoms with Crippen LogP contribution < -0.4 is 11.1 Å². The third kappa shape index (κ3) is 17.3. The van der Waals surface area contributed by atoms with Crippen molar-refractivity contribution < 1.29 is 19.8 Å². The normalized spacial score (nSPS) is 13.1. The minimum atomic E-state index is -0.868. The first-order valence-corrected chi connectivity index (χ1v) is 28.9. The van der Waals surface area contributed by atoms with Crippen LogP contribution >= 0.6 is 0 Å². The van der Waals surface area contributed by atoms with Crippen LogP contribution in [0.5, 0.6) is 11.8 Å². The highest BCUT2D eigenvalue weighted by atomic mass is 16.3. The number of aromatic hydroxyl groups is 2. The molecule has 4 aromatic rings. The first kappa shape index (κ1) is 63.6. The van der Waals surface area contributed by atoms with Gasteiger partial charge in [0.05, 0.1) is 11.4 Å². The van der Waals surface area contributed by atoms with Crippen LogP contribution in [0.2, 0.25) is 0 Å². The zero-order chi connectivity index (χ0) is 57.3. The molecule has 16 heteroatoms. The third-order valence-corrected chi connectivity index (χ3v) is 15.5. The first-order chi connectivity index (χ1) is 37.6. The summed E-state index contributed by atoms with van der Waals surface area (Å²) in [5, 5.41) is 60.6. The second-order valence-electron chi connectivity index (χ2n) is 21.1. The molecule has 0 saturated carbocycles. The molecule has 0 bridgehead atoms. The molecular formula is C62H88N10O6. The monoisotopic (exact) mass is 1070 g/mol. The highest BCUT2D eigenvalue weighted by Gasteiger charge is 2.26. The lowest BCUT2D eigenvalue weighted by atomic mass is 9.95. The number of hydrogen-bond donors (Lipinski definition) is 2. The number of carbonyl (C=O) groups excluding carboxylic acids is 2. The molecule has 0 radical (unpaired) electrons. The van der Waals surface area contributed by atoms with E-state index in [9.17, 15) is 39.9 Å². The maximum Gasteiger partial charge on any atom is 0.271 e. The molecule has 0 saturated heterocycles. The summed E-state index contributed by atoms with van der Waals surface area (Å²) in [5.41, 5.74) is -0.833. The molecule has 2 aromatic carbocycles. The van der Waals surface area contributed by atoms with Gasteiger partial charge >= 0.3 is 0 Å². The van der Waals surface area contributed by atoms with E-state index < -0.39 is 36.0 Å². The number of carbonyl (C=O) groups is 2. The number of hydrogen-bond acceptors (Lipinski definition) is 12. The fraction of sp³-hybridized carbons (Fsp3) is 0.581. The number of pyridine rings is 2. The summed E-state index contributed by atoms with van der Waals surface area (Å²) in [6.07, 6.45) is 17.1. The number of unbranched alkanes of at least 4 members (excludes halogenated alkanes) is 4. The maximum absolute atomic E-state index is 14.1. The van der Waals surface area contributed by atoms with Gasteiger partial charge in [-0.3, -0.25) is 28.3 Å². The number of nitrogens with zero attached hydrogens (tertiary/aromatic N) is 10. The van der Waals surface area contributed by atoms with Gasteiger partial charge in [0.15, 0.2) is 11.4 Å². The van der Waals surface area contributed by atoms with Gasteiger partial charge in [0.25, 0.3) is 22.9 Å². The Balaban J connectivity index is 1.62. The zero-order valence-electron chi connectivity index (χ0n) is 48.5. The fourth-order valence-corrected chi connectivity index (χ4v) is 10.0. The van der Waals surface area contributed by atoms with Gasteiger partial charge in [0, 0.05) is 61.5 Å². The van der Waals surface area contributed by atoms with Crippen molar-refractivity contribution >= 4 is 34.6 Å². The van der Waals surface area contributed by atoms with Crippen molar-refractivity contribution in [2.75, 3.05) is 26.2 Å². The Kier molecular flexibility index (Phi) is 26.7. The van der Waals surface area contributed by atoms with Crippen LogP contribution in [-0.2, 0) is 13.1 Å². The van der Waals surface area contributed by atoms with E-state index >= 15 is 0 Å². The molecule has 2 N–H and O–H groups in total. The van der Waals surface area contributed by atoms with E-state index in [4.69, 9.17) is 0 Å². The van der Waals surface area contributed by atoms with Crippen LogP contribution in [0.25, 0.3) is 0 Å². The van der Waals surface area contributed by atoms with Crippen molar-refractivity contribution in [1.29, 1.82) is 10.5 Å². The highest BCUT2D eigenvalue weighted by molar-refractivity contribution is 5.95. The van der Waals surface area contributed by atoms with E-state index in [1.54, 1.807) is 48.5 Å². The van der Waals surface area contributed by atoms with E-state index in [2.05, 4.69) is 75.8 Å². The zero-order valence-corrected chi connectivity index (χ0v) is 48.5. The lowest BCUT2D eigenvalue weighted by Gasteiger charge is -2.31. The number of benzene rings is 2. The molecule has 0 aliphatic heterocycles. The van der Waals surface area contributed by atoms with Crippen molar-refractivity contribution in [2.45, 2.75) is 185 Å². The number of amides is 2. The van der Waals surface area contributed by atoms with Gasteiger partial charge < -0.3 is 20.0 Å². The molecule has 422 valence electrons. The number of azo groups is 2. The van der Waals surface area contributed by atoms with Gasteiger partial charge in [0.2, 0.25) is 11.8 Å². The van der Waals surface area contributed by atoms with Crippen LogP contribution in [0.3, 0.4) is 0 Å². The van der Waals surface area contributed by atoms with Gasteiger partial charge in [-0.25, -0.2) is 0 Å². The molecule has 16 nitrogen and oxygen atoms in total. The summed E-state index contributed by atoms with van der Waals surface area (Å²) in [5.74, 6) is 0.240. The van der Waals surface area contributed by atoms with Gasteiger partial charge in [-0.05, 0) is 112 Å². The molecule has 0 aliphatic carbocycles. The number of aromatic nitrogens is 2. The highest BCUT2D eigenvalue weighted by Crippen LogP contribution is 2.35. The molecule has 2 aromatic heterocycles. The van der Waals surface area contributed by atoms with Crippen LogP contribution in [0.4, 0.5) is 22.7 Å². The standard InChI is InChI=1S/C62H88N10O6/c1-11-19-23-45(15-5)39-69(40-46(16-6)24-20-12-2)57(73)49-27-31-51(32-28-49)65-67-55-43(9)53(37-63)59(75)71(61(55)77)35-36-72-60(76)54(38-64)44(10)56(62(72)78)68-66-52-33-29-50(30-34-52)58(74)70(41-47(17-7)25-21-13-3)42-48(18-8)26-22-14-4/h27-34,45-48,77-78H,11-26,35-36,39-42H2,1-10H3/b67-65+,68-66+. The predicted molar refractivity (Wildman–Crippen MR) is 310 cm³/mol. The lowest BCUT2D eigenvalue weighted by molar-refractivity contribution is 0.0678.